The van der Waals surface area contributed by atoms with Crippen molar-refractivity contribution in [3.05, 3.63) is 18.7 Å². The number of imidazole rings is 1. The number of aromatic nitrogens is 2. The molecule has 1 aromatic rings. The molecule has 1 amide bonds. The number of nitrogens with one attached hydrogen (secondary N) is 1. The highest BCUT2D eigenvalue weighted by Crippen LogP contribution is 1.88. The lowest BCUT2D eigenvalue weighted by atomic mass is 10.4. The molecule has 0 saturated heterocycles. The summed E-state index contributed by atoms with van der Waals surface area (Å²) in [4.78, 5) is 15.0. The maximum atomic E-state index is 11.1. The molecule has 0 spiro atoms. The van der Waals surface area contributed by atoms with E-state index in [9.17, 15) is 4.79 Å². The standard InChI is InChI=1S/C10H17N3O2/c1-2-15-8-10(14)12-4-3-6-13-7-5-11-9-13/h5,7,9H,2-4,6,8H2,1H3,(H,12,14). The van der Waals surface area contributed by atoms with Gasteiger partial charge in [0.1, 0.15) is 6.61 Å². The number of carbonyl (C=O) groups is 1. The van der Waals surface area contributed by atoms with Crippen LogP contribution in [0.4, 0.5) is 0 Å². The molecule has 0 atom stereocenters. The predicted molar refractivity (Wildman–Crippen MR) is 56.3 cm³/mol. The summed E-state index contributed by atoms with van der Waals surface area (Å²) in [6, 6.07) is 0. The summed E-state index contributed by atoms with van der Waals surface area (Å²) < 4.78 is 6.95. The summed E-state index contributed by atoms with van der Waals surface area (Å²) in [5.41, 5.74) is 0. The third-order valence-corrected chi connectivity index (χ3v) is 1.91. The average molecular weight is 211 g/mol. The number of hydrogen-bond acceptors (Lipinski definition) is 3. The molecule has 0 aliphatic heterocycles. The Kier molecular flexibility index (Phi) is 5.47. The van der Waals surface area contributed by atoms with Crippen molar-refractivity contribution in [1.29, 1.82) is 0 Å². The second-order valence-electron chi connectivity index (χ2n) is 3.14. The van der Waals surface area contributed by atoms with Gasteiger partial charge in [-0.05, 0) is 13.3 Å². The van der Waals surface area contributed by atoms with Gasteiger partial charge in [0, 0.05) is 32.1 Å². The Morgan fingerprint density at radius 3 is 3.13 bits per heavy atom. The molecule has 15 heavy (non-hydrogen) atoms. The zero-order valence-corrected chi connectivity index (χ0v) is 8.98. The minimum absolute atomic E-state index is 0.0533. The Morgan fingerprint density at radius 1 is 1.60 bits per heavy atom. The van der Waals surface area contributed by atoms with Crippen LogP contribution in [0.25, 0.3) is 0 Å². The fraction of sp³-hybridized carbons (Fsp3) is 0.600. The second-order valence-corrected chi connectivity index (χ2v) is 3.14. The molecule has 1 rings (SSSR count). The summed E-state index contributed by atoms with van der Waals surface area (Å²) in [6.07, 6.45) is 6.31. The third kappa shape index (κ3) is 5.17. The molecule has 1 N–H and O–H groups in total. The zero-order chi connectivity index (χ0) is 10.9. The Bertz CT molecular complexity index is 272. The summed E-state index contributed by atoms with van der Waals surface area (Å²) in [5.74, 6) is -0.0533. The van der Waals surface area contributed by atoms with Gasteiger partial charge in [0.25, 0.3) is 0 Å². The van der Waals surface area contributed by atoms with Crippen LogP contribution in [0.3, 0.4) is 0 Å². The first kappa shape index (κ1) is 11.7. The number of ether oxygens (including phenoxy) is 1. The lowest BCUT2D eigenvalue weighted by Gasteiger charge is -2.05. The highest BCUT2D eigenvalue weighted by molar-refractivity contribution is 5.77. The first-order chi connectivity index (χ1) is 7.33. The van der Waals surface area contributed by atoms with E-state index in [1.807, 2.05) is 17.7 Å². The molecule has 0 aliphatic rings. The number of hydrogen-bond donors (Lipinski definition) is 1. The molecule has 5 nitrogen and oxygen atoms in total. The first-order valence-electron chi connectivity index (χ1n) is 5.13. The topological polar surface area (TPSA) is 56.1 Å². The SMILES string of the molecule is CCOCC(=O)NCCCn1ccnc1. The van der Waals surface area contributed by atoms with E-state index in [4.69, 9.17) is 4.74 Å². The van der Waals surface area contributed by atoms with Gasteiger partial charge in [-0.3, -0.25) is 4.79 Å². The zero-order valence-electron chi connectivity index (χ0n) is 8.98. The molecule has 0 unspecified atom stereocenters. The van der Waals surface area contributed by atoms with Crippen LogP contribution in [0.15, 0.2) is 18.7 Å². The minimum atomic E-state index is -0.0533. The van der Waals surface area contributed by atoms with E-state index in [1.165, 1.54) is 0 Å². The van der Waals surface area contributed by atoms with Gasteiger partial charge in [0.05, 0.1) is 6.33 Å². The monoisotopic (exact) mass is 211 g/mol. The van der Waals surface area contributed by atoms with Gasteiger partial charge in [0.15, 0.2) is 0 Å². The smallest absolute Gasteiger partial charge is 0.245 e. The van der Waals surface area contributed by atoms with Gasteiger partial charge in [-0.2, -0.15) is 0 Å². The second kappa shape index (κ2) is 7.00. The molecule has 0 bridgehead atoms. The van der Waals surface area contributed by atoms with Crippen LogP contribution >= 0.6 is 0 Å². The summed E-state index contributed by atoms with van der Waals surface area (Å²) in [7, 11) is 0. The number of rotatable bonds is 7. The molecule has 0 saturated carbocycles. The Labute approximate surface area is 89.4 Å². The molecule has 84 valence electrons. The summed E-state index contributed by atoms with van der Waals surface area (Å²) in [6.45, 7) is 4.13. The van der Waals surface area contributed by atoms with Crippen LogP contribution in [0.5, 0.6) is 0 Å². The number of carbonyl (C=O) groups excluding carboxylic acids is 1. The van der Waals surface area contributed by atoms with Crippen molar-refractivity contribution in [3.63, 3.8) is 0 Å². The van der Waals surface area contributed by atoms with E-state index in [0.717, 1.165) is 13.0 Å². The van der Waals surface area contributed by atoms with E-state index in [2.05, 4.69) is 10.3 Å². The van der Waals surface area contributed by atoms with E-state index < -0.39 is 0 Å². The van der Waals surface area contributed by atoms with E-state index in [1.54, 1.807) is 12.5 Å². The van der Waals surface area contributed by atoms with Crippen LogP contribution < -0.4 is 5.32 Å². The van der Waals surface area contributed by atoms with Gasteiger partial charge >= 0.3 is 0 Å². The molecule has 0 fully saturated rings. The number of amides is 1. The Balaban J connectivity index is 1.99. The molecular weight excluding hydrogens is 194 g/mol. The van der Waals surface area contributed by atoms with Crippen molar-refractivity contribution in [1.82, 2.24) is 14.9 Å². The maximum Gasteiger partial charge on any atom is 0.245 e. The fourth-order valence-corrected chi connectivity index (χ4v) is 1.15. The Hall–Kier alpha value is -1.36. The van der Waals surface area contributed by atoms with Gasteiger partial charge in [-0.1, -0.05) is 0 Å². The van der Waals surface area contributed by atoms with Gasteiger partial charge < -0.3 is 14.6 Å². The van der Waals surface area contributed by atoms with Crippen LogP contribution in [-0.4, -0.2) is 35.2 Å². The largest absolute Gasteiger partial charge is 0.372 e. The highest BCUT2D eigenvalue weighted by atomic mass is 16.5. The van der Waals surface area contributed by atoms with Gasteiger partial charge in [0.2, 0.25) is 5.91 Å². The fourth-order valence-electron chi connectivity index (χ4n) is 1.15. The normalized spacial score (nSPS) is 10.2. The van der Waals surface area contributed by atoms with Crippen molar-refractivity contribution < 1.29 is 9.53 Å². The highest BCUT2D eigenvalue weighted by Gasteiger charge is 1.98. The lowest BCUT2D eigenvalue weighted by Crippen LogP contribution is -2.29. The van der Waals surface area contributed by atoms with Crippen LogP contribution in [0.1, 0.15) is 13.3 Å². The molecule has 5 heteroatoms. The van der Waals surface area contributed by atoms with Crippen molar-refractivity contribution in [2.75, 3.05) is 19.8 Å². The quantitative estimate of drug-likeness (QED) is 0.665. The minimum Gasteiger partial charge on any atom is -0.372 e. The Morgan fingerprint density at radius 2 is 2.47 bits per heavy atom. The molecule has 1 aromatic heterocycles. The van der Waals surface area contributed by atoms with E-state index >= 15 is 0 Å². The summed E-state index contributed by atoms with van der Waals surface area (Å²) in [5, 5.41) is 2.78. The van der Waals surface area contributed by atoms with Crippen molar-refractivity contribution >= 4 is 5.91 Å². The molecular formula is C10H17N3O2. The lowest BCUT2D eigenvalue weighted by molar-refractivity contribution is -0.125. The molecule has 1 heterocycles. The maximum absolute atomic E-state index is 11.1. The molecule has 0 aliphatic carbocycles. The van der Waals surface area contributed by atoms with Gasteiger partial charge in [-0.15, -0.1) is 0 Å². The third-order valence-electron chi connectivity index (χ3n) is 1.91. The molecule has 0 aromatic carbocycles. The summed E-state index contributed by atoms with van der Waals surface area (Å²) >= 11 is 0. The van der Waals surface area contributed by atoms with Crippen LogP contribution in [-0.2, 0) is 16.1 Å². The van der Waals surface area contributed by atoms with Crippen molar-refractivity contribution in [2.24, 2.45) is 0 Å². The van der Waals surface area contributed by atoms with Gasteiger partial charge in [-0.25, -0.2) is 4.98 Å². The van der Waals surface area contributed by atoms with E-state index in [-0.39, 0.29) is 12.5 Å². The predicted octanol–water partition coefficient (Wildman–Crippen LogP) is 0.426. The number of nitrogens with zero attached hydrogens (tertiary/aromatic N) is 2. The number of aryl methyl sites for hydroxylation is 1. The first-order valence-corrected chi connectivity index (χ1v) is 5.13. The molecule has 0 radical (unpaired) electrons. The van der Waals surface area contributed by atoms with Crippen LogP contribution in [0.2, 0.25) is 0 Å². The van der Waals surface area contributed by atoms with Crippen LogP contribution in [0, 0.1) is 0 Å². The average Bonchev–Trinajstić information content (AvgIpc) is 2.74. The van der Waals surface area contributed by atoms with E-state index in [0.29, 0.717) is 13.2 Å². The van der Waals surface area contributed by atoms with Crippen molar-refractivity contribution in [2.45, 2.75) is 19.9 Å². The van der Waals surface area contributed by atoms with Crippen molar-refractivity contribution in [3.8, 4) is 0 Å².